The minimum atomic E-state index is -4.62. The lowest BCUT2D eigenvalue weighted by Crippen LogP contribution is -2.39. The second kappa shape index (κ2) is 7.88. The molecule has 10 heteroatoms. The molecule has 1 heterocycles. The Hall–Kier alpha value is -3.09. The quantitative estimate of drug-likeness (QED) is 0.862. The molecular formula is C18H18F3N5O2. The number of halogens is 3. The number of aromatic nitrogens is 3. The first-order chi connectivity index (χ1) is 13.3. The molecule has 1 N–H and O–H groups in total. The van der Waals surface area contributed by atoms with Gasteiger partial charge in [-0.2, -0.15) is 28.3 Å². The van der Waals surface area contributed by atoms with Gasteiger partial charge in [0.25, 0.3) is 5.91 Å². The van der Waals surface area contributed by atoms with Crippen molar-refractivity contribution < 1.29 is 22.7 Å². The average Bonchev–Trinajstić information content (AvgIpc) is 3.09. The van der Waals surface area contributed by atoms with Crippen LogP contribution in [0.15, 0.2) is 24.4 Å². The predicted molar refractivity (Wildman–Crippen MR) is 91.3 cm³/mol. The fourth-order valence-corrected chi connectivity index (χ4v) is 3.16. The smallest absolute Gasteiger partial charge is 0.417 e. The topological polar surface area (TPSA) is 92.8 Å². The number of ether oxygens (including phenoxy) is 1. The molecule has 3 rings (SSSR count). The van der Waals surface area contributed by atoms with E-state index < -0.39 is 17.3 Å². The lowest BCUT2D eigenvalue weighted by molar-refractivity contribution is -0.137. The molecule has 0 radical (unpaired) electrons. The Labute approximate surface area is 159 Å². The third-order valence-corrected chi connectivity index (χ3v) is 4.56. The summed E-state index contributed by atoms with van der Waals surface area (Å²) in [4.78, 5) is 13.4. The number of benzene rings is 1. The Morgan fingerprint density at radius 2 is 2.04 bits per heavy atom. The first-order valence-corrected chi connectivity index (χ1v) is 8.71. The lowest BCUT2D eigenvalue weighted by Gasteiger charge is -2.29. The van der Waals surface area contributed by atoms with E-state index in [2.05, 4.69) is 15.5 Å². The van der Waals surface area contributed by atoms with E-state index in [1.807, 2.05) is 0 Å². The Morgan fingerprint density at radius 3 is 2.61 bits per heavy atom. The fourth-order valence-electron chi connectivity index (χ4n) is 3.16. The van der Waals surface area contributed by atoms with Crippen LogP contribution in [0.4, 0.5) is 13.2 Å². The van der Waals surface area contributed by atoms with E-state index in [-0.39, 0.29) is 29.5 Å². The lowest BCUT2D eigenvalue weighted by atomic mass is 9.92. The molecule has 0 saturated heterocycles. The van der Waals surface area contributed by atoms with E-state index in [1.54, 1.807) is 13.1 Å². The second-order valence-electron chi connectivity index (χ2n) is 6.60. The van der Waals surface area contributed by atoms with Crippen molar-refractivity contribution in [3.63, 3.8) is 0 Å². The van der Waals surface area contributed by atoms with Crippen molar-refractivity contribution in [2.24, 2.45) is 7.05 Å². The highest BCUT2D eigenvalue weighted by Crippen LogP contribution is 2.35. The molecule has 28 heavy (non-hydrogen) atoms. The summed E-state index contributed by atoms with van der Waals surface area (Å²) in [6, 6.07) is 4.84. The third-order valence-electron chi connectivity index (χ3n) is 4.56. The minimum absolute atomic E-state index is 0.0546. The zero-order chi connectivity index (χ0) is 20.3. The van der Waals surface area contributed by atoms with Crippen LogP contribution in [0.5, 0.6) is 5.75 Å². The molecule has 0 aliphatic heterocycles. The molecule has 1 aromatic heterocycles. The Kier molecular flexibility index (Phi) is 5.53. The second-order valence-corrected chi connectivity index (χ2v) is 6.60. The molecule has 0 atom stereocenters. The van der Waals surface area contributed by atoms with Gasteiger partial charge >= 0.3 is 6.18 Å². The fraction of sp³-hybridized carbons (Fsp3) is 0.444. The summed E-state index contributed by atoms with van der Waals surface area (Å²) in [6.07, 6.45) is -1.03. The number of carbonyl (C=O) groups is 1. The van der Waals surface area contributed by atoms with Crippen LogP contribution in [0.2, 0.25) is 0 Å². The van der Waals surface area contributed by atoms with Gasteiger partial charge in [-0.1, -0.05) is 0 Å². The molecule has 1 fully saturated rings. The van der Waals surface area contributed by atoms with Gasteiger partial charge in [-0.25, -0.2) is 0 Å². The number of amides is 1. The van der Waals surface area contributed by atoms with E-state index in [0.717, 1.165) is 12.1 Å². The van der Waals surface area contributed by atoms with Crippen LogP contribution in [0.25, 0.3) is 0 Å². The molecule has 0 spiro atoms. The number of hydrogen-bond acceptors (Lipinski definition) is 5. The monoisotopic (exact) mass is 393 g/mol. The van der Waals surface area contributed by atoms with Crippen molar-refractivity contribution in [1.82, 2.24) is 20.3 Å². The number of hydrogen-bond donors (Lipinski definition) is 1. The van der Waals surface area contributed by atoms with E-state index in [4.69, 9.17) is 10.00 Å². The van der Waals surface area contributed by atoms with Crippen molar-refractivity contribution in [1.29, 1.82) is 5.26 Å². The zero-order valence-corrected chi connectivity index (χ0v) is 15.0. The summed E-state index contributed by atoms with van der Waals surface area (Å²) in [5, 5.41) is 19.5. The zero-order valence-electron chi connectivity index (χ0n) is 15.0. The van der Waals surface area contributed by atoms with Gasteiger partial charge in [0, 0.05) is 13.1 Å². The number of nitriles is 1. The number of rotatable bonds is 4. The molecule has 0 unspecified atom stereocenters. The van der Waals surface area contributed by atoms with Crippen LogP contribution < -0.4 is 10.1 Å². The Morgan fingerprint density at radius 1 is 1.32 bits per heavy atom. The van der Waals surface area contributed by atoms with E-state index in [9.17, 15) is 18.0 Å². The molecule has 1 amide bonds. The predicted octanol–water partition coefficient (Wildman–Crippen LogP) is 2.83. The van der Waals surface area contributed by atoms with Crippen molar-refractivity contribution in [3.8, 4) is 11.8 Å². The summed E-state index contributed by atoms with van der Waals surface area (Å²) in [5.41, 5.74) is -1.20. The highest BCUT2D eigenvalue weighted by molar-refractivity contribution is 5.92. The molecule has 1 saturated carbocycles. The maximum Gasteiger partial charge on any atom is 0.417 e. The summed E-state index contributed by atoms with van der Waals surface area (Å²) in [7, 11) is 1.62. The minimum Gasteiger partial charge on any atom is -0.490 e. The van der Waals surface area contributed by atoms with Crippen LogP contribution in [0.1, 0.15) is 47.3 Å². The number of alkyl halides is 3. The molecule has 1 aromatic carbocycles. The van der Waals surface area contributed by atoms with Gasteiger partial charge < -0.3 is 10.1 Å². The van der Waals surface area contributed by atoms with Crippen LogP contribution >= 0.6 is 0 Å². The maximum absolute atomic E-state index is 13.1. The van der Waals surface area contributed by atoms with Crippen LogP contribution in [0.3, 0.4) is 0 Å². The first-order valence-electron chi connectivity index (χ1n) is 8.71. The van der Waals surface area contributed by atoms with Gasteiger partial charge in [-0.05, 0) is 43.9 Å². The van der Waals surface area contributed by atoms with E-state index in [0.29, 0.717) is 25.7 Å². The molecular weight excluding hydrogens is 375 g/mol. The summed E-state index contributed by atoms with van der Waals surface area (Å²) < 4.78 is 44.8. The summed E-state index contributed by atoms with van der Waals surface area (Å²) in [5.74, 6) is -0.224. The van der Waals surface area contributed by atoms with Gasteiger partial charge in [0.15, 0.2) is 5.69 Å². The van der Waals surface area contributed by atoms with Gasteiger partial charge in [-0.15, -0.1) is 5.10 Å². The van der Waals surface area contributed by atoms with Crippen molar-refractivity contribution in [3.05, 3.63) is 41.2 Å². The number of nitrogens with zero attached hydrogens (tertiary/aromatic N) is 4. The number of nitrogens with one attached hydrogen (secondary N) is 1. The van der Waals surface area contributed by atoms with Crippen molar-refractivity contribution >= 4 is 5.91 Å². The molecule has 0 bridgehead atoms. The van der Waals surface area contributed by atoms with Gasteiger partial charge in [-0.3, -0.25) is 4.79 Å². The first kappa shape index (κ1) is 19.7. The molecule has 7 nitrogen and oxygen atoms in total. The van der Waals surface area contributed by atoms with E-state index in [1.165, 1.54) is 17.1 Å². The van der Waals surface area contributed by atoms with E-state index >= 15 is 0 Å². The normalized spacial score (nSPS) is 19.7. The van der Waals surface area contributed by atoms with Crippen LogP contribution in [0, 0.1) is 11.3 Å². The SMILES string of the molecule is Cn1ncc(C(=O)NC2CCC(Oc3ccc(C#N)c(C(F)(F)F)c3)CC2)n1. The number of aryl methyl sites for hydroxylation is 1. The van der Waals surface area contributed by atoms with Crippen LogP contribution in [-0.2, 0) is 13.2 Å². The summed E-state index contributed by atoms with van der Waals surface area (Å²) >= 11 is 0. The average molecular weight is 393 g/mol. The van der Waals surface area contributed by atoms with Gasteiger partial charge in [0.1, 0.15) is 5.75 Å². The Balaban J connectivity index is 1.56. The Bertz CT molecular complexity index is 895. The molecule has 2 aromatic rings. The van der Waals surface area contributed by atoms with Crippen molar-refractivity contribution in [2.75, 3.05) is 0 Å². The van der Waals surface area contributed by atoms with Gasteiger partial charge in [0.05, 0.1) is 29.5 Å². The van der Waals surface area contributed by atoms with Crippen LogP contribution in [-0.4, -0.2) is 33.0 Å². The third kappa shape index (κ3) is 4.60. The highest BCUT2D eigenvalue weighted by Gasteiger charge is 2.34. The molecule has 1 aliphatic carbocycles. The highest BCUT2D eigenvalue weighted by atomic mass is 19.4. The standard InChI is InChI=1S/C18H18F3N5O2/c1-26-23-10-16(25-26)17(27)24-12-3-6-13(7-4-12)28-14-5-2-11(9-22)15(8-14)18(19,20)21/h2,5,8,10,12-13H,3-4,6-7H2,1H3,(H,24,27). The molecule has 148 valence electrons. The number of carbonyl (C=O) groups excluding carboxylic acids is 1. The van der Waals surface area contributed by atoms with Crippen molar-refractivity contribution in [2.45, 2.75) is 44.0 Å². The van der Waals surface area contributed by atoms with Gasteiger partial charge in [0.2, 0.25) is 0 Å². The largest absolute Gasteiger partial charge is 0.490 e. The molecule has 1 aliphatic rings. The maximum atomic E-state index is 13.1. The summed E-state index contributed by atoms with van der Waals surface area (Å²) in [6.45, 7) is 0.